The summed E-state index contributed by atoms with van der Waals surface area (Å²) in [7, 11) is 0. The minimum absolute atomic E-state index is 0.0584. The van der Waals surface area contributed by atoms with Gasteiger partial charge in [-0.25, -0.2) is 4.98 Å². The van der Waals surface area contributed by atoms with Crippen LogP contribution in [0.2, 0.25) is 0 Å². The molecule has 0 saturated carbocycles. The summed E-state index contributed by atoms with van der Waals surface area (Å²) in [5.41, 5.74) is -0.240. The van der Waals surface area contributed by atoms with E-state index in [-0.39, 0.29) is 11.4 Å². The second-order valence-electron chi connectivity index (χ2n) is 4.52. The quantitative estimate of drug-likeness (QED) is 0.868. The Bertz CT molecular complexity index is 625. The summed E-state index contributed by atoms with van der Waals surface area (Å²) in [5, 5.41) is 0. The van der Waals surface area contributed by atoms with Crippen molar-refractivity contribution in [2.24, 2.45) is 5.92 Å². The van der Waals surface area contributed by atoms with E-state index in [1.807, 2.05) is 13.8 Å². The molecule has 0 N–H and O–H groups in total. The van der Waals surface area contributed by atoms with Gasteiger partial charge in [-0.2, -0.15) is 0 Å². The van der Waals surface area contributed by atoms with Gasteiger partial charge in [0.2, 0.25) is 0 Å². The number of rotatable bonds is 4. The summed E-state index contributed by atoms with van der Waals surface area (Å²) in [4.78, 5) is 20.1. The molecular weight excluding hydrogens is 310 g/mol. The fourth-order valence-corrected chi connectivity index (χ4v) is 1.94. The Morgan fingerprint density at radius 3 is 2.89 bits per heavy atom. The lowest BCUT2D eigenvalue weighted by Crippen LogP contribution is -2.23. The monoisotopic (exact) mass is 323 g/mol. The Morgan fingerprint density at radius 2 is 2.21 bits per heavy atom. The van der Waals surface area contributed by atoms with Crippen LogP contribution in [-0.2, 0) is 6.54 Å². The van der Waals surface area contributed by atoms with Crippen molar-refractivity contribution in [3.05, 3.63) is 45.7 Å². The molecule has 0 aliphatic heterocycles. The highest BCUT2D eigenvalue weighted by atomic mass is 79.9. The SMILES string of the molecule is CC(C)Cn1ccnc(Oc2cncc(Br)c2)c1=O. The molecule has 0 amide bonds. The molecule has 0 radical (unpaired) electrons. The fraction of sp³-hybridized carbons (Fsp3) is 0.308. The van der Waals surface area contributed by atoms with E-state index in [4.69, 9.17) is 4.74 Å². The predicted molar refractivity (Wildman–Crippen MR) is 75.3 cm³/mol. The molecular formula is C13H14BrN3O2. The summed E-state index contributed by atoms with van der Waals surface area (Å²) in [6.45, 7) is 4.73. The molecule has 0 bridgehead atoms. The lowest BCUT2D eigenvalue weighted by Gasteiger charge is -2.10. The maximum absolute atomic E-state index is 12.1. The van der Waals surface area contributed by atoms with Crippen LogP contribution in [-0.4, -0.2) is 14.5 Å². The van der Waals surface area contributed by atoms with Gasteiger partial charge < -0.3 is 9.30 Å². The Morgan fingerprint density at radius 1 is 1.42 bits per heavy atom. The van der Waals surface area contributed by atoms with Gasteiger partial charge in [-0.05, 0) is 27.9 Å². The standard InChI is InChI=1S/C13H14BrN3O2/c1-9(2)8-17-4-3-16-12(13(17)18)19-11-5-10(14)6-15-7-11/h3-7,9H,8H2,1-2H3. The van der Waals surface area contributed by atoms with E-state index >= 15 is 0 Å². The molecule has 0 atom stereocenters. The maximum atomic E-state index is 12.1. The number of halogens is 1. The maximum Gasteiger partial charge on any atom is 0.313 e. The summed E-state index contributed by atoms with van der Waals surface area (Å²) >= 11 is 3.29. The first-order chi connectivity index (χ1) is 9.06. The first-order valence-electron chi connectivity index (χ1n) is 5.90. The Hall–Kier alpha value is -1.69. The lowest BCUT2D eigenvalue weighted by molar-refractivity contribution is 0.431. The normalized spacial score (nSPS) is 10.7. The second-order valence-corrected chi connectivity index (χ2v) is 5.44. The highest BCUT2D eigenvalue weighted by molar-refractivity contribution is 9.10. The van der Waals surface area contributed by atoms with Crippen LogP contribution >= 0.6 is 15.9 Å². The van der Waals surface area contributed by atoms with Gasteiger partial charge in [-0.3, -0.25) is 9.78 Å². The van der Waals surface area contributed by atoms with E-state index in [0.717, 1.165) is 4.47 Å². The molecule has 0 aromatic carbocycles. The van der Waals surface area contributed by atoms with E-state index in [1.54, 1.807) is 29.2 Å². The van der Waals surface area contributed by atoms with Crippen LogP contribution in [0.1, 0.15) is 13.8 Å². The van der Waals surface area contributed by atoms with Gasteiger partial charge in [-0.1, -0.05) is 13.8 Å². The largest absolute Gasteiger partial charge is 0.433 e. The van der Waals surface area contributed by atoms with Gasteiger partial charge in [0.1, 0.15) is 5.75 Å². The fourth-order valence-electron chi connectivity index (χ4n) is 1.59. The number of pyridine rings is 1. The van der Waals surface area contributed by atoms with Crippen molar-refractivity contribution in [2.75, 3.05) is 0 Å². The first-order valence-corrected chi connectivity index (χ1v) is 6.69. The molecule has 0 saturated heterocycles. The molecule has 0 unspecified atom stereocenters. The van der Waals surface area contributed by atoms with Crippen LogP contribution in [0.15, 0.2) is 40.1 Å². The number of ether oxygens (including phenoxy) is 1. The summed E-state index contributed by atoms with van der Waals surface area (Å²) in [6.07, 6.45) is 6.40. The van der Waals surface area contributed by atoms with Crippen LogP contribution in [0.4, 0.5) is 0 Å². The van der Waals surface area contributed by atoms with Crippen molar-refractivity contribution < 1.29 is 4.74 Å². The van der Waals surface area contributed by atoms with E-state index in [2.05, 4.69) is 25.9 Å². The van der Waals surface area contributed by atoms with Crippen molar-refractivity contribution in [3.63, 3.8) is 0 Å². The van der Waals surface area contributed by atoms with Gasteiger partial charge in [0, 0.05) is 29.6 Å². The third-order valence-corrected chi connectivity index (χ3v) is 2.77. The van der Waals surface area contributed by atoms with E-state index in [1.165, 1.54) is 6.20 Å². The van der Waals surface area contributed by atoms with Crippen molar-refractivity contribution in [1.29, 1.82) is 0 Å². The molecule has 5 nitrogen and oxygen atoms in total. The van der Waals surface area contributed by atoms with Crippen LogP contribution in [0, 0.1) is 5.92 Å². The summed E-state index contributed by atoms with van der Waals surface area (Å²) < 4.78 is 7.85. The molecule has 2 aromatic rings. The zero-order chi connectivity index (χ0) is 13.8. The van der Waals surface area contributed by atoms with Gasteiger partial charge in [-0.15, -0.1) is 0 Å². The van der Waals surface area contributed by atoms with Crippen molar-refractivity contribution in [1.82, 2.24) is 14.5 Å². The van der Waals surface area contributed by atoms with Gasteiger partial charge in [0.25, 0.3) is 5.88 Å². The van der Waals surface area contributed by atoms with Gasteiger partial charge in [0.05, 0.1) is 6.20 Å². The van der Waals surface area contributed by atoms with Crippen molar-refractivity contribution in [2.45, 2.75) is 20.4 Å². The smallest absolute Gasteiger partial charge is 0.313 e. The summed E-state index contributed by atoms with van der Waals surface area (Å²) in [6, 6.07) is 1.73. The third-order valence-electron chi connectivity index (χ3n) is 2.34. The minimum atomic E-state index is -0.240. The number of aromatic nitrogens is 3. The summed E-state index contributed by atoms with van der Waals surface area (Å²) in [5.74, 6) is 0.907. The number of hydrogen-bond acceptors (Lipinski definition) is 4. The van der Waals surface area contributed by atoms with Crippen LogP contribution < -0.4 is 10.3 Å². The lowest BCUT2D eigenvalue weighted by atomic mass is 10.2. The van der Waals surface area contributed by atoms with Crippen LogP contribution in [0.5, 0.6) is 11.6 Å². The molecule has 2 rings (SSSR count). The molecule has 0 aliphatic carbocycles. The van der Waals surface area contributed by atoms with Crippen molar-refractivity contribution in [3.8, 4) is 11.6 Å². The topological polar surface area (TPSA) is 57.0 Å². The molecule has 19 heavy (non-hydrogen) atoms. The highest BCUT2D eigenvalue weighted by Crippen LogP contribution is 2.19. The zero-order valence-electron chi connectivity index (χ0n) is 10.7. The molecule has 100 valence electrons. The van der Waals surface area contributed by atoms with Gasteiger partial charge in [0.15, 0.2) is 0 Å². The molecule has 0 fully saturated rings. The average Bonchev–Trinajstić information content (AvgIpc) is 2.34. The third kappa shape index (κ3) is 3.64. The molecule has 2 aromatic heterocycles. The number of hydrogen-bond donors (Lipinski definition) is 0. The van der Waals surface area contributed by atoms with Gasteiger partial charge >= 0.3 is 5.56 Å². The van der Waals surface area contributed by atoms with E-state index in [0.29, 0.717) is 18.2 Å². The molecule has 6 heteroatoms. The Labute approximate surface area is 119 Å². The van der Waals surface area contributed by atoms with E-state index < -0.39 is 0 Å². The van der Waals surface area contributed by atoms with Crippen molar-refractivity contribution >= 4 is 15.9 Å². The zero-order valence-corrected chi connectivity index (χ0v) is 12.3. The average molecular weight is 324 g/mol. The Balaban J connectivity index is 2.28. The second kappa shape index (κ2) is 5.97. The number of nitrogens with zero attached hydrogens (tertiary/aromatic N) is 3. The molecule has 0 aliphatic rings. The van der Waals surface area contributed by atoms with Crippen LogP contribution in [0.25, 0.3) is 0 Å². The molecule has 2 heterocycles. The highest BCUT2D eigenvalue weighted by Gasteiger charge is 2.08. The van der Waals surface area contributed by atoms with E-state index in [9.17, 15) is 4.79 Å². The molecule has 0 spiro atoms. The first kappa shape index (κ1) is 13.7. The predicted octanol–water partition coefficient (Wildman–Crippen LogP) is 2.85. The minimum Gasteiger partial charge on any atom is -0.433 e. The van der Waals surface area contributed by atoms with Crippen LogP contribution in [0.3, 0.4) is 0 Å². The Kier molecular flexibility index (Phi) is 4.31.